The first-order valence-electron chi connectivity index (χ1n) is 5.74. The van der Waals surface area contributed by atoms with E-state index in [0.29, 0.717) is 25.7 Å². The first-order chi connectivity index (χ1) is 7.44. The fraction of sp³-hybridized carbons (Fsp3) is 0.571. The first kappa shape index (κ1) is 12.9. The Morgan fingerprint density at radius 3 is 2.56 bits per heavy atom. The number of hydrogen-bond acceptors (Lipinski definition) is 2. The highest BCUT2D eigenvalue weighted by molar-refractivity contribution is 6.07. The molecule has 1 fully saturated rings. The molecule has 1 aliphatic carbocycles. The van der Waals surface area contributed by atoms with Gasteiger partial charge in [0.05, 0.1) is 5.41 Å². The normalized spacial score (nSPS) is 29.1. The van der Waals surface area contributed by atoms with Gasteiger partial charge in [0.1, 0.15) is 11.6 Å². The van der Waals surface area contributed by atoms with E-state index in [1.165, 1.54) is 6.92 Å². The van der Waals surface area contributed by atoms with E-state index in [0.717, 1.165) is 5.57 Å². The van der Waals surface area contributed by atoms with Crippen LogP contribution in [-0.4, -0.2) is 11.6 Å². The molecule has 0 heterocycles. The van der Waals surface area contributed by atoms with Gasteiger partial charge in [-0.15, -0.1) is 6.58 Å². The Hall–Kier alpha value is -1.18. The molecule has 0 radical (unpaired) electrons. The fourth-order valence-electron chi connectivity index (χ4n) is 2.48. The lowest BCUT2D eigenvalue weighted by Crippen LogP contribution is -2.33. The predicted octanol–water partition coefficient (Wildman–Crippen LogP) is 3.08. The summed E-state index contributed by atoms with van der Waals surface area (Å²) in [5, 5.41) is 0. The Morgan fingerprint density at radius 1 is 1.56 bits per heavy atom. The average molecular weight is 220 g/mol. The standard InChI is InChI=1S/C14H20O2/c1-5-6-7-14(11(4)15)9-12(10(2)3)8-13(14)16/h5,12H,1-2,6-9H2,3-4H3/t12-,14+/m1/s1. The van der Waals surface area contributed by atoms with Crippen LogP contribution < -0.4 is 0 Å². The van der Waals surface area contributed by atoms with E-state index in [1.807, 2.05) is 6.92 Å². The summed E-state index contributed by atoms with van der Waals surface area (Å²) in [4.78, 5) is 23.8. The van der Waals surface area contributed by atoms with Crippen LogP contribution in [0.25, 0.3) is 0 Å². The Balaban J connectivity index is 2.94. The van der Waals surface area contributed by atoms with Crippen molar-refractivity contribution >= 4 is 11.6 Å². The molecule has 0 aromatic rings. The Kier molecular flexibility index (Phi) is 3.84. The molecular formula is C14H20O2. The minimum atomic E-state index is -0.752. The summed E-state index contributed by atoms with van der Waals surface area (Å²) in [6.45, 7) is 11.0. The quantitative estimate of drug-likeness (QED) is 0.527. The van der Waals surface area contributed by atoms with E-state index in [4.69, 9.17) is 0 Å². The lowest BCUT2D eigenvalue weighted by Gasteiger charge is -2.24. The molecule has 16 heavy (non-hydrogen) atoms. The summed E-state index contributed by atoms with van der Waals surface area (Å²) in [6.07, 6.45) is 4.21. The molecular weight excluding hydrogens is 200 g/mol. The van der Waals surface area contributed by atoms with Gasteiger partial charge in [-0.05, 0) is 39.0 Å². The number of rotatable bonds is 5. The fourth-order valence-corrected chi connectivity index (χ4v) is 2.48. The summed E-state index contributed by atoms with van der Waals surface area (Å²) >= 11 is 0. The molecule has 2 heteroatoms. The second-order valence-electron chi connectivity index (χ2n) is 4.84. The van der Waals surface area contributed by atoms with Crippen LogP contribution in [0.2, 0.25) is 0 Å². The van der Waals surface area contributed by atoms with E-state index in [-0.39, 0.29) is 17.5 Å². The summed E-state index contributed by atoms with van der Waals surface area (Å²) in [5.41, 5.74) is 0.257. The van der Waals surface area contributed by atoms with Crippen LogP contribution in [0.3, 0.4) is 0 Å². The molecule has 2 nitrogen and oxygen atoms in total. The van der Waals surface area contributed by atoms with Crippen LogP contribution in [0.4, 0.5) is 0 Å². The molecule has 0 amide bonds. The number of carbonyl (C=O) groups excluding carboxylic acids is 2. The molecule has 1 rings (SSSR count). The lowest BCUT2D eigenvalue weighted by atomic mass is 9.76. The van der Waals surface area contributed by atoms with E-state index in [9.17, 15) is 9.59 Å². The van der Waals surface area contributed by atoms with Crippen LogP contribution in [0.5, 0.6) is 0 Å². The van der Waals surface area contributed by atoms with Crippen molar-refractivity contribution in [3.05, 3.63) is 24.8 Å². The van der Waals surface area contributed by atoms with Crippen molar-refractivity contribution in [3.8, 4) is 0 Å². The Morgan fingerprint density at radius 2 is 2.19 bits per heavy atom. The van der Waals surface area contributed by atoms with Crippen molar-refractivity contribution in [2.45, 2.75) is 39.5 Å². The van der Waals surface area contributed by atoms with Gasteiger partial charge in [-0.3, -0.25) is 9.59 Å². The smallest absolute Gasteiger partial charge is 0.147 e. The van der Waals surface area contributed by atoms with Crippen LogP contribution in [0.1, 0.15) is 39.5 Å². The van der Waals surface area contributed by atoms with Crippen molar-refractivity contribution in [2.24, 2.45) is 11.3 Å². The third-order valence-corrected chi connectivity index (χ3v) is 3.71. The molecule has 88 valence electrons. The maximum Gasteiger partial charge on any atom is 0.147 e. The predicted molar refractivity (Wildman–Crippen MR) is 65.1 cm³/mol. The highest BCUT2D eigenvalue weighted by atomic mass is 16.2. The second kappa shape index (κ2) is 4.77. The highest BCUT2D eigenvalue weighted by Gasteiger charge is 2.49. The van der Waals surface area contributed by atoms with Gasteiger partial charge in [-0.2, -0.15) is 0 Å². The number of allylic oxidation sites excluding steroid dienone is 2. The minimum Gasteiger partial charge on any atom is -0.299 e. The summed E-state index contributed by atoms with van der Waals surface area (Å²) in [7, 11) is 0. The molecule has 0 N–H and O–H groups in total. The number of carbonyl (C=O) groups is 2. The summed E-state index contributed by atoms with van der Waals surface area (Å²) in [6, 6.07) is 0. The monoisotopic (exact) mass is 220 g/mol. The third-order valence-electron chi connectivity index (χ3n) is 3.71. The van der Waals surface area contributed by atoms with Crippen molar-refractivity contribution in [1.82, 2.24) is 0 Å². The molecule has 0 unspecified atom stereocenters. The maximum absolute atomic E-state index is 12.1. The number of hydrogen-bond donors (Lipinski definition) is 0. The average Bonchev–Trinajstić information content (AvgIpc) is 2.54. The number of Topliss-reactive ketones (excluding diaryl/α,β-unsaturated/α-hetero) is 2. The third kappa shape index (κ3) is 2.16. The number of ketones is 2. The van der Waals surface area contributed by atoms with Crippen LogP contribution >= 0.6 is 0 Å². The van der Waals surface area contributed by atoms with Crippen molar-refractivity contribution in [3.63, 3.8) is 0 Å². The molecule has 0 aromatic carbocycles. The maximum atomic E-state index is 12.1. The van der Waals surface area contributed by atoms with E-state index in [1.54, 1.807) is 6.08 Å². The molecule has 0 spiro atoms. The molecule has 1 saturated carbocycles. The molecule has 0 aromatic heterocycles. The van der Waals surface area contributed by atoms with Gasteiger partial charge >= 0.3 is 0 Å². The zero-order chi connectivity index (χ0) is 12.3. The van der Waals surface area contributed by atoms with Gasteiger partial charge in [-0.1, -0.05) is 18.2 Å². The van der Waals surface area contributed by atoms with Gasteiger partial charge in [0.15, 0.2) is 0 Å². The zero-order valence-electron chi connectivity index (χ0n) is 10.2. The minimum absolute atomic E-state index is 0.00287. The van der Waals surface area contributed by atoms with E-state index < -0.39 is 5.41 Å². The van der Waals surface area contributed by atoms with Gasteiger partial charge in [0, 0.05) is 6.42 Å². The first-order valence-corrected chi connectivity index (χ1v) is 5.74. The largest absolute Gasteiger partial charge is 0.299 e. The van der Waals surface area contributed by atoms with E-state index in [2.05, 4.69) is 13.2 Å². The molecule has 2 atom stereocenters. The van der Waals surface area contributed by atoms with Crippen LogP contribution in [-0.2, 0) is 9.59 Å². The van der Waals surface area contributed by atoms with Crippen LogP contribution in [0, 0.1) is 11.3 Å². The summed E-state index contributed by atoms with van der Waals surface area (Å²) in [5.74, 6) is 0.277. The van der Waals surface area contributed by atoms with Gasteiger partial charge in [-0.25, -0.2) is 0 Å². The summed E-state index contributed by atoms with van der Waals surface area (Å²) < 4.78 is 0. The van der Waals surface area contributed by atoms with Crippen molar-refractivity contribution in [1.29, 1.82) is 0 Å². The van der Waals surface area contributed by atoms with E-state index >= 15 is 0 Å². The lowest BCUT2D eigenvalue weighted by molar-refractivity contribution is -0.137. The van der Waals surface area contributed by atoms with Crippen molar-refractivity contribution < 1.29 is 9.59 Å². The van der Waals surface area contributed by atoms with Crippen molar-refractivity contribution in [2.75, 3.05) is 0 Å². The topological polar surface area (TPSA) is 34.1 Å². The van der Waals surface area contributed by atoms with Gasteiger partial charge in [0.25, 0.3) is 0 Å². The SMILES string of the molecule is C=CCC[C@@]1(C(C)=O)C[C@H](C(=C)C)CC1=O. The van der Waals surface area contributed by atoms with Gasteiger partial charge < -0.3 is 0 Å². The molecule has 0 aliphatic heterocycles. The van der Waals surface area contributed by atoms with Gasteiger partial charge in [0.2, 0.25) is 0 Å². The molecule has 0 saturated heterocycles. The second-order valence-corrected chi connectivity index (χ2v) is 4.84. The Labute approximate surface area is 97.4 Å². The zero-order valence-corrected chi connectivity index (χ0v) is 10.2. The van der Waals surface area contributed by atoms with Crippen LogP contribution in [0.15, 0.2) is 24.8 Å². The molecule has 1 aliphatic rings. The molecule has 0 bridgehead atoms. The Bertz CT molecular complexity index is 341. The highest BCUT2D eigenvalue weighted by Crippen LogP contribution is 2.45.